The van der Waals surface area contributed by atoms with Crippen LogP contribution < -0.4 is 5.43 Å². The summed E-state index contributed by atoms with van der Waals surface area (Å²) >= 11 is 0. The minimum absolute atomic E-state index is 0.0749. The SMILES string of the molecule is CCc1ccc2c(c1)c(=O)ccn2C(C)C(=O)O. The lowest BCUT2D eigenvalue weighted by Gasteiger charge is -2.15. The van der Waals surface area contributed by atoms with Crippen molar-refractivity contribution in [2.75, 3.05) is 0 Å². The van der Waals surface area contributed by atoms with Crippen LogP contribution in [0.25, 0.3) is 10.9 Å². The first-order valence-corrected chi connectivity index (χ1v) is 5.91. The summed E-state index contributed by atoms with van der Waals surface area (Å²) in [7, 11) is 0. The highest BCUT2D eigenvalue weighted by Gasteiger charge is 2.15. The third-order valence-electron chi connectivity index (χ3n) is 3.17. The zero-order chi connectivity index (χ0) is 13.3. The van der Waals surface area contributed by atoms with Gasteiger partial charge in [0.1, 0.15) is 6.04 Å². The number of pyridine rings is 1. The van der Waals surface area contributed by atoms with Gasteiger partial charge in [0.25, 0.3) is 0 Å². The van der Waals surface area contributed by atoms with Crippen molar-refractivity contribution in [2.45, 2.75) is 26.3 Å². The highest BCUT2D eigenvalue weighted by atomic mass is 16.4. The van der Waals surface area contributed by atoms with E-state index in [0.29, 0.717) is 10.9 Å². The van der Waals surface area contributed by atoms with Gasteiger partial charge in [0, 0.05) is 17.6 Å². The van der Waals surface area contributed by atoms with Crippen LogP contribution in [0.15, 0.2) is 35.3 Å². The average Bonchev–Trinajstić information content (AvgIpc) is 2.38. The van der Waals surface area contributed by atoms with Crippen molar-refractivity contribution in [3.8, 4) is 0 Å². The maximum atomic E-state index is 11.8. The van der Waals surface area contributed by atoms with Crippen LogP contribution in [-0.4, -0.2) is 15.6 Å². The molecule has 0 spiro atoms. The number of aromatic nitrogens is 1. The molecule has 0 aliphatic heterocycles. The Balaban J connectivity index is 2.75. The average molecular weight is 245 g/mol. The van der Waals surface area contributed by atoms with Crippen LogP contribution in [0, 0.1) is 0 Å². The van der Waals surface area contributed by atoms with Crippen LogP contribution in [0.1, 0.15) is 25.5 Å². The summed E-state index contributed by atoms with van der Waals surface area (Å²) in [6.45, 7) is 3.61. The molecule has 2 aromatic rings. The molecule has 0 amide bonds. The molecule has 0 radical (unpaired) electrons. The van der Waals surface area contributed by atoms with Crippen LogP contribution in [-0.2, 0) is 11.2 Å². The van der Waals surface area contributed by atoms with E-state index in [-0.39, 0.29) is 5.43 Å². The van der Waals surface area contributed by atoms with Crippen LogP contribution in [0.5, 0.6) is 0 Å². The van der Waals surface area contributed by atoms with E-state index in [4.69, 9.17) is 5.11 Å². The Kier molecular flexibility index (Phi) is 3.19. The van der Waals surface area contributed by atoms with Crippen LogP contribution in [0.4, 0.5) is 0 Å². The molecule has 1 aromatic heterocycles. The maximum Gasteiger partial charge on any atom is 0.326 e. The molecule has 18 heavy (non-hydrogen) atoms. The number of aryl methyl sites for hydroxylation is 1. The van der Waals surface area contributed by atoms with Crippen molar-refractivity contribution in [2.24, 2.45) is 0 Å². The van der Waals surface area contributed by atoms with E-state index >= 15 is 0 Å². The third-order valence-corrected chi connectivity index (χ3v) is 3.17. The quantitative estimate of drug-likeness (QED) is 0.901. The van der Waals surface area contributed by atoms with E-state index < -0.39 is 12.0 Å². The summed E-state index contributed by atoms with van der Waals surface area (Å²) in [5.41, 5.74) is 1.66. The van der Waals surface area contributed by atoms with Gasteiger partial charge in [-0.15, -0.1) is 0 Å². The molecule has 94 valence electrons. The van der Waals surface area contributed by atoms with Crippen LogP contribution in [0.3, 0.4) is 0 Å². The van der Waals surface area contributed by atoms with Crippen molar-refractivity contribution < 1.29 is 9.90 Å². The Labute approximate surface area is 104 Å². The minimum atomic E-state index is -0.917. The minimum Gasteiger partial charge on any atom is -0.480 e. The summed E-state index contributed by atoms with van der Waals surface area (Å²) in [5.74, 6) is -0.917. The molecule has 1 aromatic carbocycles. The fourth-order valence-electron chi connectivity index (χ4n) is 2.00. The Morgan fingerprint density at radius 2 is 2.11 bits per heavy atom. The van der Waals surface area contributed by atoms with E-state index in [0.717, 1.165) is 12.0 Å². The smallest absolute Gasteiger partial charge is 0.326 e. The fraction of sp³-hybridized carbons (Fsp3) is 0.286. The summed E-state index contributed by atoms with van der Waals surface area (Å²) < 4.78 is 1.61. The molecule has 4 heteroatoms. The van der Waals surface area contributed by atoms with Gasteiger partial charge < -0.3 is 9.67 Å². The van der Waals surface area contributed by atoms with Gasteiger partial charge in [0.2, 0.25) is 0 Å². The standard InChI is InChI=1S/C14H15NO3/c1-3-10-4-5-12-11(8-10)13(16)6-7-15(12)9(2)14(17)18/h4-9H,3H2,1-2H3,(H,17,18). The molecule has 4 nitrogen and oxygen atoms in total. The largest absolute Gasteiger partial charge is 0.480 e. The zero-order valence-electron chi connectivity index (χ0n) is 10.4. The Morgan fingerprint density at radius 3 is 2.72 bits per heavy atom. The second-order valence-corrected chi connectivity index (χ2v) is 4.31. The normalized spacial score (nSPS) is 12.6. The van der Waals surface area contributed by atoms with Gasteiger partial charge in [-0.2, -0.15) is 0 Å². The van der Waals surface area contributed by atoms with Crippen LogP contribution >= 0.6 is 0 Å². The number of fused-ring (bicyclic) bond motifs is 1. The highest BCUT2D eigenvalue weighted by Crippen LogP contribution is 2.17. The van der Waals surface area contributed by atoms with Gasteiger partial charge in [-0.3, -0.25) is 4.79 Å². The van der Waals surface area contributed by atoms with Crippen molar-refractivity contribution in [3.63, 3.8) is 0 Å². The lowest BCUT2D eigenvalue weighted by molar-refractivity contribution is -0.140. The van der Waals surface area contributed by atoms with E-state index in [9.17, 15) is 9.59 Å². The van der Waals surface area contributed by atoms with Gasteiger partial charge in [0.05, 0.1) is 5.52 Å². The summed E-state index contributed by atoms with van der Waals surface area (Å²) in [6, 6.07) is 6.30. The van der Waals surface area contributed by atoms with Crippen LogP contribution in [0.2, 0.25) is 0 Å². The first-order valence-electron chi connectivity index (χ1n) is 5.91. The molecule has 0 fully saturated rings. The molecule has 0 saturated heterocycles. The second kappa shape index (κ2) is 4.64. The van der Waals surface area contributed by atoms with Crippen molar-refractivity contribution >= 4 is 16.9 Å². The summed E-state index contributed by atoms with van der Waals surface area (Å²) in [6.07, 6.45) is 2.38. The highest BCUT2D eigenvalue weighted by molar-refractivity contribution is 5.82. The number of hydrogen-bond donors (Lipinski definition) is 1. The molecule has 0 aliphatic carbocycles. The van der Waals surface area contributed by atoms with Crippen molar-refractivity contribution in [3.05, 3.63) is 46.2 Å². The van der Waals surface area contributed by atoms with E-state index in [1.807, 2.05) is 25.1 Å². The molecule has 1 heterocycles. The molecular formula is C14H15NO3. The Hall–Kier alpha value is -2.10. The third kappa shape index (κ3) is 2.01. The maximum absolute atomic E-state index is 11.8. The van der Waals surface area contributed by atoms with E-state index in [2.05, 4.69) is 0 Å². The second-order valence-electron chi connectivity index (χ2n) is 4.31. The molecule has 2 rings (SSSR count). The van der Waals surface area contributed by atoms with Crippen molar-refractivity contribution in [1.29, 1.82) is 0 Å². The number of aliphatic carboxylic acids is 1. The summed E-state index contributed by atoms with van der Waals surface area (Å²) in [4.78, 5) is 22.9. The zero-order valence-corrected chi connectivity index (χ0v) is 10.4. The van der Waals surface area contributed by atoms with Gasteiger partial charge in [-0.1, -0.05) is 13.0 Å². The predicted octanol–water partition coefficient (Wildman–Crippen LogP) is 2.21. The lowest BCUT2D eigenvalue weighted by atomic mass is 10.1. The number of carboxylic acids is 1. The van der Waals surface area contributed by atoms with Gasteiger partial charge in [0.15, 0.2) is 5.43 Å². The molecular weight excluding hydrogens is 230 g/mol. The molecule has 0 bridgehead atoms. The monoisotopic (exact) mass is 245 g/mol. The van der Waals surface area contributed by atoms with Gasteiger partial charge in [-0.05, 0) is 31.0 Å². The van der Waals surface area contributed by atoms with Crippen molar-refractivity contribution in [1.82, 2.24) is 4.57 Å². The number of carbonyl (C=O) groups is 1. The molecule has 1 N–H and O–H groups in total. The van der Waals surface area contributed by atoms with Gasteiger partial charge in [-0.25, -0.2) is 4.79 Å². The lowest BCUT2D eigenvalue weighted by Crippen LogP contribution is -2.18. The Morgan fingerprint density at radius 1 is 1.39 bits per heavy atom. The van der Waals surface area contributed by atoms with E-state index in [1.54, 1.807) is 11.5 Å². The first-order chi connectivity index (χ1) is 8.54. The predicted molar refractivity (Wildman–Crippen MR) is 69.9 cm³/mol. The number of nitrogens with zero attached hydrogens (tertiary/aromatic N) is 1. The number of rotatable bonds is 3. The fourth-order valence-corrected chi connectivity index (χ4v) is 2.00. The molecule has 0 saturated carbocycles. The number of benzene rings is 1. The summed E-state index contributed by atoms with van der Waals surface area (Å²) in [5, 5.41) is 9.64. The number of carboxylic acid groups (broad SMARTS) is 1. The molecule has 0 aliphatic rings. The Bertz CT molecular complexity index is 658. The van der Waals surface area contributed by atoms with Gasteiger partial charge >= 0.3 is 5.97 Å². The molecule has 1 atom stereocenters. The number of hydrogen-bond acceptors (Lipinski definition) is 2. The molecule has 1 unspecified atom stereocenters. The first kappa shape index (κ1) is 12.4. The van der Waals surface area contributed by atoms with E-state index in [1.165, 1.54) is 12.3 Å². The topological polar surface area (TPSA) is 59.3 Å².